The van der Waals surface area contributed by atoms with E-state index in [2.05, 4.69) is 25.8 Å². The van der Waals surface area contributed by atoms with Gasteiger partial charge in [-0.3, -0.25) is 0 Å². The van der Waals surface area contributed by atoms with Gasteiger partial charge in [-0.05, 0) is 23.1 Å². The number of aromatic nitrogens is 2. The molecular weight excluding hydrogens is 304 g/mol. The van der Waals surface area contributed by atoms with Crippen molar-refractivity contribution in [2.75, 3.05) is 6.61 Å². The van der Waals surface area contributed by atoms with Crippen LogP contribution < -0.4 is 4.84 Å². The number of fused-ring (bicyclic) bond motifs is 1. The number of benzene rings is 2. The smallest absolute Gasteiger partial charge is 0.344 e. The summed E-state index contributed by atoms with van der Waals surface area (Å²) < 4.78 is 1.52. The Morgan fingerprint density at radius 2 is 1.88 bits per heavy atom. The van der Waals surface area contributed by atoms with Gasteiger partial charge in [-0.15, -0.1) is 0 Å². The number of carboxylic acid groups (broad SMARTS) is 1. The van der Waals surface area contributed by atoms with Crippen LogP contribution in [0.15, 0.2) is 48.5 Å². The molecule has 0 atom stereocenters. The molecule has 124 valence electrons. The molecule has 0 amide bonds. The Labute approximate surface area is 140 Å². The highest BCUT2D eigenvalue weighted by molar-refractivity contribution is 5.81. The van der Waals surface area contributed by atoms with E-state index in [1.54, 1.807) is 0 Å². The molecule has 1 N–H and O–H groups in total. The number of nitrogens with zero attached hydrogens (tertiary/aromatic N) is 2. The summed E-state index contributed by atoms with van der Waals surface area (Å²) in [5.41, 5.74) is 3.52. The van der Waals surface area contributed by atoms with Gasteiger partial charge >= 0.3 is 5.97 Å². The van der Waals surface area contributed by atoms with Crippen molar-refractivity contribution in [2.24, 2.45) is 0 Å². The van der Waals surface area contributed by atoms with E-state index >= 15 is 0 Å². The lowest BCUT2D eigenvalue weighted by Crippen LogP contribution is -2.20. The van der Waals surface area contributed by atoms with Crippen molar-refractivity contribution < 1.29 is 14.7 Å². The van der Waals surface area contributed by atoms with Crippen LogP contribution in [0, 0.1) is 0 Å². The SMILES string of the molecule is CC(C)(C)c1ccc2nc(-c3ccccc3)n(OCC(=O)O)c2c1. The molecule has 0 aliphatic rings. The van der Waals surface area contributed by atoms with E-state index < -0.39 is 12.6 Å². The van der Waals surface area contributed by atoms with Crippen molar-refractivity contribution in [3.63, 3.8) is 0 Å². The predicted octanol–water partition coefficient (Wildman–Crippen LogP) is 3.51. The molecule has 0 saturated heterocycles. The van der Waals surface area contributed by atoms with Gasteiger partial charge in [0.1, 0.15) is 5.52 Å². The molecule has 0 fully saturated rings. The first kappa shape index (κ1) is 16.1. The average Bonchev–Trinajstić information content (AvgIpc) is 2.90. The van der Waals surface area contributed by atoms with Gasteiger partial charge in [0, 0.05) is 5.56 Å². The van der Waals surface area contributed by atoms with E-state index in [9.17, 15) is 4.79 Å². The van der Waals surface area contributed by atoms with Crippen molar-refractivity contribution in [2.45, 2.75) is 26.2 Å². The number of hydrogen-bond acceptors (Lipinski definition) is 3. The van der Waals surface area contributed by atoms with E-state index in [1.165, 1.54) is 4.73 Å². The molecule has 0 bridgehead atoms. The molecule has 0 unspecified atom stereocenters. The second-order valence-corrected chi connectivity index (χ2v) is 6.72. The van der Waals surface area contributed by atoms with Crippen LogP contribution in [-0.4, -0.2) is 27.4 Å². The van der Waals surface area contributed by atoms with Crippen LogP contribution in [0.25, 0.3) is 22.4 Å². The zero-order chi connectivity index (χ0) is 17.3. The quantitative estimate of drug-likeness (QED) is 0.797. The fraction of sp³-hybridized carbons (Fsp3) is 0.263. The van der Waals surface area contributed by atoms with E-state index in [0.29, 0.717) is 5.82 Å². The maximum absolute atomic E-state index is 10.9. The second-order valence-electron chi connectivity index (χ2n) is 6.72. The molecule has 24 heavy (non-hydrogen) atoms. The number of carbonyl (C=O) groups is 1. The monoisotopic (exact) mass is 324 g/mol. The minimum Gasteiger partial charge on any atom is -0.479 e. The normalized spacial score (nSPS) is 11.6. The van der Waals surface area contributed by atoms with Crippen molar-refractivity contribution >= 4 is 17.0 Å². The fourth-order valence-electron chi connectivity index (χ4n) is 2.54. The lowest BCUT2D eigenvalue weighted by molar-refractivity contribution is -0.142. The third kappa shape index (κ3) is 3.11. The van der Waals surface area contributed by atoms with Gasteiger partial charge in [-0.2, -0.15) is 4.73 Å². The Bertz CT molecular complexity index is 877. The van der Waals surface area contributed by atoms with Gasteiger partial charge in [-0.1, -0.05) is 57.2 Å². The molecule has 3 rings (SSSR count). The molecule has 5 heteroatoms. The Hall–Kier alpha value is -2.82. The highest BCUT2D eigenvalue weighted by atomic mass is 16.7. The second kappa shape index (κ2) is 6.00. The van der Waals surface area contributed by atoms with Gasteiger partial charge in [0.25, 0.3) is 0 Å². The maximum atomic E-state index is 10.9. The molecule has 2 aromatic carbocycles. The van der Waals surface area contributed by atoms with Crippen LogP contribution in [0.4, 0.5) is 0 Å². The lowest BCUT2D eigenvalue weighted by Gasteiger charge is -2.19. The van der Waals surface area contributed by atoms with Gasteiger partial charge in [0.05, 0.1) is 5.52 Å². The Kier molecular flexibility index (Phi) is 4.01. The van der Waals surface area contributed by atoms with E-state index in [0.717, 1.165) is 22.2 Å². The highest BCUT2D eigenvalue weighted by Crippen LogP contribution is 2.29. The van der Waals surface area contributed by atoms with Crippen molar-refractivity contribution in [1.82, 2.24) is 9.71 Å². The topological polar surface area (TPSA) is 64.4 Å². The van der Waals surface area contributed by atoms with Gasteiger partial charge in [-0.25, -0.2) is 9.78 Å². The summed E-state index contributed by atoms with van der Waals surface area (Å²) in [6.07, 6.45) is 0. The van der Waals surface area contributed by atoms with Gasteiger partial charge in [0.15, 0.2) is 5.82 Å². The van der Waals surface area contributed by atoms with E-state index in [-0.39, 0.29) is 5.41 Å². The molecule has 5 nitrogen and oxygen atoms in total. The van der Waals surface area contributed by atoms with Crippen molar-refractivity contribution in [3.8, 4) is 11.4 Å². The van der Waals surface area contributed by atoms with Crippen LogP contribution in [0.1, 0.15) is 26.3 Å². The van der Waals surface area contributed by atoms with Gasteiger partial charge < -0.3 is 9.94 Å². The lowest BCUT2D eigenvalue weighted by atomic mass is 9.87. The summed E-state index contributed by atoms with van der Waals surface area (Å²) in [7, 11) is 0. The van der Waals surface area contributed by atoms with Crippen LogP contribution >= 0.6 is 0 Å². The summed E-state index contributed by atoms with van der Waals surface area (Å²) in [4.78, 5) is 21.1. The highest BCUT2D eigenvalue weighted by Gasteiger charge is 2.19. The van der Waals surface area contributed by atoms with Crippen LogP contribution in [-0.2, 0) is 10.2 Å². The predicted molar refractivity (Wildman–Crippen MR) is 93.0 cm³/mol. The average molecular weight is 324 g/mol. The van der Waals surface area contributed by atoms with E-state index in [1.807, 2.05) is 48.5 Å². The number of imidazole rings is 1. The third-order valence-corrected chi connectivity index (χ3v) is 3.83. The molecule has 0 saturated carbocycles. The molecule has 0 aliphatic carbocycles. The van der Waals surface area contributed by atoms with Crippen molar-refractivity contribution in [3.05, 3.63) is 54.1 Å². The molecule has 1 heterocycles. The van der Waals surface area contributed by atoms with Crippen LogP contribution in [0.2, 0.25) is 0 Å². The molecular formula is C19H20N2O3. The minimum absolute atomic E-state index is 0.0248. The molecule has 3 aromatic rings. The van der Waals surface area contributed by atoms with Gasteiger partial charge in [0.2, 0.25) is 6.61 Å². The maximum Gasteiger partial charge on any atom is 0.344 e. The first-order chi connectivity index (χ1) is 11.4. The third-order valence-electron chi connectivity index (χ3n) is 3.83. The van der Waals surface area contributed by atoms with Crippen LogP contribution in [0.5, 0.6) is 0 Å². The number of rotatable bonds is 4. The number of carboxylic acids is 1. The Morgan fingerprint density at radius 1 is 1.17 bits per heavy atom. The summed E-state index contributed by atoms with van der Waals surface area (Å²) in [5, 5.41) is 8.97. The van der Waals surface area contributed by atoms with E-state index in [4.69, 9.17) is 9.94 Å². The van der Waals surface area contributed by atoms with Crippen LogP contribution in [0.3, 0.4) is 0 Å². The summed E-state index contributed by atoms with van der Waals surface area (Å²) >= 11 is 0. The largest absolute Gasteiger partial charge is 0.479 e. The standard InChI is InChI=1S/C19H20N2O3/c1-19(2,3)14-9-10-15-16(11-14)21(24-12-17(22)23)18(20-15)13-7-5-4-6-8-13/h4-11H,12H2,1-3H3,(H,22,23). The molecule has 0 spiro atoms. The zero-order valence-electron chi connectivity index (χ0n) is 14.0. The summed E-state index contributed by atoms with van der Waals surface area (Å²) in [6, 6.07) is 15.6. The first-order valence-corrected chi connectivity index (χ1v) is 7.80. The molecule has 1 aromatic heterocycles. The number of hydrogen-bond donors (Lipinski definition) is 1. The molecule has 0 aliphatic heterocycles. The first-order valence-electron chi connectivity index (χ1n) is 7.80. The van der Waals surface area contributed by atoms with Crippen molar-refractivity contribution in [1.29, 1.82) is 0 Å². The number of aliphatic carboxylic acids is 1. The Morgan fingerprint density at radius 3 is 2.50 bits per heavy atom. The zero-order valence-corrected chi connectivity index (χ0v) is 14.0. The Balaban J connectivity index is 2.19. The fourth-order valence-corrected chi connectivity index (χ4v) is 2.54. The summed E-state index contributed by atoms with van der Waals surface area (Å²) in [5.74, 6) is -0.430. The summed E-state index contributed by atoms with van der Waals surface area (Å²) in [6.45, 7) is 5.96. The minimum atomic E-state index is -1.03. The molecule has 0 radical (unpaired) electrons.